The molecule has 0 amide bonds. The molecule has 0 bridgehead atoms. The summed E-state index contributed by atoms with van der Waals surface area (Å²) in [5.74, 6) is 0.899. The molecule has 6 heteroatoms. The normalized spacial score (nSPS) is 17.5. The van der Waals surface area contributed by atoms with Crippen LogP contribution < -0.4 is 10.1 Å². The fourth-order valence-corrected chi connectivity index (χ4v) is 3.24. The van der Waals surface area contributed by atoms with Gasteiger partial charge in [-0.2, -0.15) is 0 Å². The first-order valence-electron chi connectivity index (χ1n) is 7.68. The van der Waals surface area contributed by atoms with Crippen molar-refractivity contribution in [1.82, 2.24) is 15.2 Å². The minimum Gasteiger partial charge on any atom is -0.487 e. The Morgan fingerprint density at radius 2 is 2.09 bits per heavy atom. The summed E-state index contributed by atoms with van der Waals surface area (Å²) in [4.78, 5) is 6.76. The van der Waals surface area contributed by atoms with E-state index < -0.39 is 0 Å². The highest BCUT2D eigenvalue weighted by Gasteiger charge is 2.29. The molecular weight excluding hydrogens is 330 g/mol. The van der Waals surface area contributed by atoms with Crippen LogP contribution in [0.2, 0.25) is 0 Å². The minimum absolute atomic E-state index is 0. The molecule has 1 fully saturated rings. The van der Waals surface area contributed by atoms with Crippen molar-refractivity contribution in [3.05, 3.63) is 46.4 Å². The molecule has 0 spiro atoms. The average Bonchev–Trinajstić information content (AvgIpc) is 3.02. The van der Waals surface area contributed by atoms with Crippen LogP contribution in [0, 0.1) is 0 Å². The van der Waals surface area contributed by atoms with E-state index in [1.807, 2.05) is 10.9 Å². The van der Waals surface area contributed by atoms with Crippen molar-refractivity contribution in [2.45, 2.75) is 32.5 Å². The van der Waals surface area contributed by atoms with Gasteiger partial charge in [-0.3, -0.25) is 4.90 Å². The lowest BCUT2D eigenvalue weighted by atomic mass is 9.99. The Kier molecular flexibility index (Phi) is 6.41. The molecule has 126 valence electrons. The maximum Gasteiger partial charge on any atom is 0.131 e. The van der Waals surface area contributed by atoms with E-state index in [-0.39, 0.29) is 17.9 Å². The Labute approximate surface area is 148 Å². The van der Waals surface area contributed by atoms with Crippen LogP contribution in [0.4, 0.5) is 0 Å². The monoisotopic (exact) mass is 353 g/mol. The number of hydrogen-bond donors (Lipinski definition) is 1. The van der Waals surface area contributed by atoms with E-state index in [2.05, 4.69) is 53.3 Å². The Morgan fingerprint density at radius 3 is 2.74 bits per heavy atom. The third-order valence-corrected chi connectivity index (χ3v) is 4.77. The zero-order valence-electron chi connectivity index (χ0n) is 13.6. The quantitative estimate of drug-likeness (QED) is 0.894. The third-order valence-electron chi connectivity index (χ3n) is 4.14. The van der Waals surface area contributed by atoms with Gasteiger partial charge in [-0.15, -0.1) is 23.7 Å². The zero-order chi connectivity index (χ0) is 15.4. The minimum atomic E-state index is 0. The zero-order valence-corrected chi connectivity index (χ0v) is 15.3. The second-order valence-corrected chi connectivity index (χ2v) is 7.04. The Morgan fingerprint density at radius 1 is 1.30 bits per heavy atom. The van der Waals surface area contributed by atoms with Crippen molar-refractivity contribution in [1.29, 1.82) is 0 Å². The van der Waals surface area contributed by atoms with E-state index in [0.29, 0.717) is 6.61 Å². The molecule has 0 aliphatic carbocycles. The van der Waals surface area contributed by atoms with Crippen molar-refractivity contribution >= 4 is 23.7 Å². The maximum absolute atomic E-state index is 5.76. The highest BCUT2D eigenvalue weighted by atomic mass is 35.5. The van der Waals surface area contributed by atoms with Crippen LogP contribution in [0.3, 0.4) is 0 Å². The van der Waals surface area contributed by atoms with Crippen LogP contribution in [0.1, 0.15) is 25.1 Å². The number of benzene rings is 1. The molecular formula is C17H24ClN3OS. The lowest BCUT2D eigenvalue weighted by Gasteiger charge is -2.42. The van der Waals surface area contributed by atoms with Crippen LogP contribution in [0.25, 0.3) is 0 Å². The van der Waals surface area contributed by atoms with Gasteiger partial charge in [0.25, 0.3) is 0 Å². The summed E-state index contributed by atoms with van der Waals surface area (Å²) < 4.78 is 5.76. The molecule has 2 heterocycles. The molecule has 4 nitrogen and oxygen atoms in total. The van der Waals surface area contributed by atoms with Crippen molar-refractivity contribution in [2.75, 3.05) is 19.6 Å². The Balaban J connectivity index is 0.00000192. The smallest absolute Gasteiger partial charge is 0.131 e. The van der Waals surface area contributed by atoms with Crippen LogP contribution in [-0.2, 0) is 13.2 Å². The fraction of sp³-hybridized carbons (Fsp3) is 0.471. The van der Waals surface area contributed by atoms with E-state index in [9.17, 15) is 0 Å². The molecule has 1 aliphatic rings. The number of rotatable bonds is 5. The summed E-state index contributed by atoms with van der Waals surface area (Å²) >= 11 is 1.59. The molecule has 0 radical (unpaired) electrons. The van der Waals surface area contributed by atoms with Crippen LogP contribution in [0.5, 0.6) is 5.75 Å². The van der Waals surface area contributed by atoms with E-state index in [1.54, 1.807) is 11.3 Å². The summed E-state index contributed by atoms with van der Waals surface area (Å²) in [6, 6.07) is 8.43. The van der Waals surface area contributed by atoms with Gasteiger partial charge < -0.3 is 10.1 Å². The number of ether oxygens (including phenoxy) is 1. The number of halogens is 1. The van der Waals surface area contributed by atoms with Crippen LogP contribution >= 0.6 is 23.7 Å². The molecule has 2 aromatic rings. The number of piperazine rings is 1. The number of thiazole rings is 1. The summed E-state index contributed by atoms with van der Waals surface area (Å²) in [5, 5.41) is 5.48. The Hall–Kier alpha value is -1.14. The summed E-state index contributed by atoms with van der Waals surface area (Å²) in [6.45, 7) is 9.32. The standard InChI is InChI=1S/C17H23N3OS.ClH/c1-17(2)12-18-7-8-20(17)9-14-3-5-16(6-4-14)21-10-15-11-22-13-19-15;/h3-6,11,13,18H,7-10,12H2,1-2H3;1H. The first kappa shape index (κ1) is 18.2. The van der Waals surface area contributed by atoms with Gasteiger partial charge >= 0.3 is 0 Å². The van der Waals surface area contributed by atoms with E-state index in [4.69, 9.17) is 4.74 Å². The van der Waals surface area contributed by atoms with Gasteiger partial charge in [-0.25, -0.2) is 4.98 Å². The van der Waals surface area contributed by atoms with Gasteiger partial charge in [0.15, 0.2) is 0 Å². The van der Waals surface area contributed by atoms with E-state index in [0.717, 1.165) is 37.6 Å². The van der Waals surface area contributed by atoms with Gasteiger partial charge in [0.05, 0.1) is 11.2 Å². The van der Waals surface area contributed by atoms with Gasteiger partial charge in [0.1, 0.15) is 12.4 Å². The summed E-state index contributed by atoms with van der Waals surface area (Å²) in [5.41, 5.74) is 4.35. The molecule has 23 heavy (non-hydrogen) atoms. The molecule has 1 N–H and O–H groups in total. The van der Waals surface area contributed by atoms with Crippen molar-refractivity contribution in [3.8, 4) is 5.75 Å². The average molecular weight is 354 g/mol. The second-order valence-electron chi connectivity index (χ2n) is 6.32. The Bertz CT molecular complexity index is 586. The first-order valence-corrected chi connectivity index (χ1v) is 8.62. The van der Waals surface area contributed by atoms with Gasteiger partial charge in [0.2, 0.25) is 0 Å². The molecule has 1 aromatic carbocycles. The van der Waals surface area contributed by atoms with Crippen molar-refractivity contribution < 1.29 is 4.74 Å². The lowest BCUT2D eigenvalue weighted by Crippen LogP contribution is -2.57. The predicted molar refractivity (Wildman–Crippen MR) is 97.5 cm³/mol. The SMILES string of the molecule is CC1(C)CNCCN1Cc1ccc(OCc2cscn2)cc1.Cl. The van der Waals surface area contributed by atoms with Gasteiger partial charge in [0, 0.05) is 37.1 Å². The van der Waals surface area contributed by atoms with Crippen molar-refractivity contribution in [2.24, 2.45) is 0 Å². The maximum atomic E-state index is 5.76. The first-order chi connectivity index (χ1) is 10.6. The third kappa shape index (κ3) is 4.91. The van der Waals surface area contributed by atoms with Crippen LogP contribution in [0.15, 0.2) is 35.2 Å². The topological polar surface area (TPSA) is 37.4 Å². The fourth-order valence-electron chi connectivity index (χ4n) is 2.69. The predicted octanol–water partition coefficient (Wildman–Crippen LogP) is 3.33. The highest BCUT2D eigenvalue weighted by molar-refractivity contribution is 7.07. The summed E-state index contributed by atoms with van der Waals surface area (Å²) in [6.07, 6.45) is 0. The van der Waals surface area contributed by atoms with E-state index >= 15 is 0 Å². The summed E-state index contributed by atoms with van der Waals surface area (Å²) in [7, 11) is 0. The molecule has 0 saturated carbocycles. The number of nitrogens with one attached hydrogen (secondary N) is 1. The number of nitrogens with zero attached hydrogens (tertiary/aromatic N) is 2. The largest absolute Gasteiger partial charge is 0.487 e. The number of hydrogen-bond acceptors (Lipinski definition) is 5. The van der Waals surface area contributed by atoms with Gasteiger partial charge in [-0.05, 0) is 31.5 Å². The second kappa shape index (κ2) is 8.11. The van der Waals surface area contributed by atoms with Crippen molar-refractivity contribution in [3.63, 3.8) is 0 Å². The van der Waals surface area contributed by atoms with Crippen LogP contribution in [-0.4, -0.2) is 35.1 Å². The molecule has 1 saturated heterocycles. The molecule has 3 rings (SSSR count). The number of aromatic nitrogens is 1. The van der Waals surface area contributed by atoms with Gasteiger partial charge in [-0.1, -0.05) is 12.1 Å². The molecule has 0 unspecified atom stereocenters. The molecule has 1 aliphatic heterocycles. The van der Waals surface area contributed by atoms with E-state index in [1.165, 1.54) is 5.56 Å². The lowest BCUT2D eigenvalue weighted by molar-refractivity contribution is 0.0827. The molecule has 1 aromatic heterocycles. The highest BCUT2D eigenvalue weighted by Crippen LogP contribution is 2.21. The molecule has 0 atom stereocenters.